The van der Waals surface area contributed by atoms with Gasteiger partial charge in [0.15, 0.2) is 0 Å². The number of amides is 1. The van der Waals surface area contributed by atoms with Crippen molar-refractivity contribution in [1.82, 2.24) is 14.5 Å². The first-order valence-electron chi connectivity index (χ1n) is 7.15. The molecule has 2 aromatic rings. The summed E-state index contributed by atoms with van der Waals surface area (Å²) < 4.78 is 1.88. The van der Waals surface area contributed by atoms with Gasteiger partial charge in [-0.1, -0.05) is 12.8 Å². The molecule has 2 aromatic heterocycles. The number of aryl methyl sites for hydroxylation is 1. The molecule has 6 nitrogen and oxygen atoms in total. The van der Waals surface area contributed by atoms with Gasteiger partial charge in [0.25, 0.3) is 0 Å². The van der Waals surface area contributed by atoms with Crippen LogP contribution in [-0.4, -0.2) is 26.0 Å². The van der Waals surface area contributed by atoms with Crippen molar-refractivity contribution in [2.75, 3.05) is 5.32 Å². The lowest BCUT2D eigenvalue weighted by atomic mass is 9.98. The minimum atomic E-state index is -0.723. The molecule has 2 heterocycles. The summed E-state index contributed by atoms with van der Waals surface area (Å²) in [7, 11) is 0. The van der Waals surface area contributed by atoms with Gasteiger partial charge in [-0.3, -0.25) is 9.36 Å². The van der Waals surface area contributed by atoms with Crippen molar-refractivity contribution in [1.29, 1.82) is 0 Å². The van der Waals surface area contributed by atoms with Gasteiger partial charge in [-0.25, -0.2) is 9.97 Å². The zero-order valence-electron chi connectivity index (χ0n) is 12.0. The zero-order chi connectivity index (χ0) is 14.9. The van der Waals surface area contributed by atoms with Gasteiger partial charge in [0, 0.05) is 12.4 Å². The Hall–Kier alpha value is -2.21. The maximum Gasteiger partial charge on any atom is 0.244 e. The Morgan fingerprint density at radius 2 is 2.10 bits per heavy atom. The van der Waals surface area contributed by atoms with E-state index in [9.17, 15) is 4.79 Å². The highest BCUT2D eigenvalue weighted by atomic mass is 16.2. The quantitative estimate of drug-likeness (QED) is 0.900. The molecule has 1 saturated carbocycles. The molecule has 0 aliphatic heterocycles. The van der Waals surface area contributed by atoms with Crippen molar-refractivity contribution in [3.8, 4) is 5.82 Å². The first-order valence-corrected chi connectivity index (χ1v) is 7.15. The molecule has 110 valence electrons. The lowest BCUT2D eigenvalue weighted by Gasteiger charge is -2.22. The molecule has 3 N–H and O–H groups in total. The fourth-order valence-electron chi connectivity index (χ4n) is 2.71. The third-order valence-corrected chi connectivity index (χ3v) is 4.03. The number of hydrogen-bond acceptors (Lipinski definition) is 4. The first kappa shape index (κ1) is 13.8. The van der Waals surface area contributed by atoms with Gasteiger partial charge in [-0.15, -0.1) is 0 Å². The Kier molecular flexibility index (Phi) is 3.47. The van der Waals surface area contributed by atoms with E-state index in [0.29, 0.717) is 5.69 Å². The monoisotopic (exact) mass is 285 g/mol. The van der Waals surface area contributed by atoms with Crippen LogP contribution < -0.4 is 11.1 Å². The number of rotatable bonds is 3. The van der Waals surface area contributed by atoms with Gasteiger partial charge >= 0.3 is 0 Å². The molecular weight excluding hydrogens is 266 g/mol. The average Bonchev–Trinajstić information content (AvgIpc) is 3.09. The predicted molar refractivity (Wildman–Crippen MR) is 80.1 cm³/mol. The van der Waals surface area contributed by atoms with E-state index in [1.54, 1.807) is 12.4 Å². The summed E-state index contributed by atoms with van der Waals surface area (Å²) in [4.78, 5) is 20.7. The molecule has 0 unspecified atom stereocenters. The van der Waals surface area contributed by atoms with E-state index >= 15 is 0 Å². The zero-order valence-corrected chi connectivity index (χ0v) is 12.0. The second-order valence-corrected chi connectivity index (χ2v) is 5.57. The number of anilines is 1. The number of imidazole rings is 1. The first-order chi connectivity index (χ1) is 10.1. The standard InChI is InChI=1S/C15H19N5O/c1-11-17-8-9-20(11)13-5-4-12(10-18-13)19-14(21)15(16)6-2-3-7-15/h4-5,8-10H,2-3,6-7,16H2,1H3,(H,19,21). The number of nitrogens with zero attached hydrogens (tertiary/aromatic N) is 3. The highest BCUT2D eigenvalue weighted by Crippen LogP contribution is 2.28. The Labute approximate surface area is 123 Å². The van der Waals surface area contributed by atoms with E-state index in [0.717, 1.165) is 37.3 Å². The van der Waals surface area contributed by atoms with Crippen molar-refractivity contribution in [2.45, 2.75) is 38.1 Å². The molecule has 0 bridgehead atoms. The number of carbonyl (C=O) groups is 1. The van der Waals surface area contributed by atoms with E-state index in [2.05, 4.69) is 15.3 Å². The number of carbonyl (C=O) groups excluding carboxylic acids is 1. The van der Waals surface area contributed by atoms with Crippen LogP contribution in [0.1, 0.15) is 31.5 Å². The molecule has 0 radical (unpaired) electrons. The van der Waals surface area contributed by atoms with Crippen LogP contribution in [-0.2, 0) is 4.79 Å². The molecule has 3 rings (SSSR count). The van der Waals surface area contributed by atoms with Crippen molar-refractivity contribution in [3.05, 3.63) is 36.5 Å². The predicted octanol–water partition coefficient (Wildman–Crippen LogP) is 1.79. The topological polar surface area (TPSA) is 85.8 Å². The molecule has 6 heteroatoms. The van der Waals surface area contributed by atoms with Gasteiger partial charge in [0.05, 0.1) is 17.4 Å². The van der Waals surface area contributed by atoms with Crippen molar-refractivity contribution >= 4 is 11.6 Å². The summed E-state index contributed by atoms with van der Waals surface area (Å²) in [5.74, 6) is 1.52. The largest absolute Gasteiger partial charge is 0.323 e. The second kappa shape index (κ2) is 5.29. The molecule has 21 heavy (non-hydrogen) atoms. The number of pyridine rings is 1. The van der Waals surface area contributed by atoms with Gasteiger partial charge < -0.3 is 11.1 Å². The minimum absolute atomic E-state index is 0.117. The van der Waals surface area contributed by atoms with Crippen molar-refractivity contribution in [2.24, 2.45) is 5.73 Å². The Morgan fingerprint density at radius 1 is 1.33 bits per heavy atom. The van der Waals surface area contributed by atoms with E-state index < -0.39 is 5.54 Å². The summed E-state index contributed by atoms with van der Waals surface area (Å²) in [6.07, 6.45) is 8.75. The summed E-state index contributed by atoms with van der Waals surface area (Å²) in [6, 6.07) is 3.68. The lowest BCUT2D eigenvalue weighted by Crippen LogP contribution is -2.48. The van der Waals surface area contributed by atoms with Crippen LogP contribution >= 0.6 is 0 Å². The summed E-state index contributed by atoms with van der Waals surface area (Å²) in [5, 5.41) is 2.86. The molecule has 0 atom stereocenters. The number of hydrogen-bond donors (Lipinski definition) is 2. The average molecular weight is 285 g/mol. The van der Waals surface area contributed by atoms with Crippen LogP contribution in [0.3, 0.4) is 0 Å². The molecule has 1 amide bonds. The van der Waals surface area contributed by atoms with Gasteiger partial charge in [-0.05, 0) is 31.9 Å². The molecule has 0 spiro atoms. The molecule has 0 saturated heterocycles. The highest BCUT2D eigenvalue weighted by Gasteiger charge is 2.36. The Bertz CT molecular complexity index is 640. The summed E-state index contributed by atoms with van der Waals surface area (Å²) in [5.41, 5.74) is 6.07. The molecule has 1 aliphatic carbocycles. The van der Waals surface area contributed by atoms with Gasteiger partial charge in [0.2, 0.25) is 5.91 Å². The molecular formula is C15H19N5O. The number of nitrogens with one attached hydrogen (secondary N) is 1. The summed E-state index contributed by atoms with van der Waals surface area (Å²) >= 11 is 0. The fraction of sp³-hybridized carbons (Fsp3) is 0.400. The third-order valence-electron chi connectivity index (χ3n) is 4.03. The van der Waals surface area contributed by atoms with Crippen LogP contribution in [0.2, 0.25) is 0 Å². The van der Waals surface area contributed by atoms with E-state index in [1.165, 1.54) is 0 Å². The number of nitrogens with two attached hydrogens (primary N) is 1. The molecule has 0 aromatic carbocycles. The Balaban J connectivity index is 1.73. The second-order valence-electron chi connectivity index (χ2n) is 5.57. The van der Waals surface area contributed by atoms with E-state index in [1.807, 2.05) is 29.8 Å². The van der Waals surface area contributed by atoms with Crippen LogP contribution in [0.15, 0.2) is 30.7 Å². The Morgan fingerprint density at radius 3 is 2.67 bits per heavy atom. The maximum absolute atomic E-state index is 12.2. The van der Waals surface area contributed by atoms with E-state index in [4.69, 9.17) is 5.73 Å². The number of aromatic nitrogens is 3. The lowest BCUT2D eigenvalue weighted by molar-refractivity contribution is -0.121. The normalized spacial score (nSPS) is 16.9. The van der Waals surface area contributed by atoms with Crippen molar-refractivity contribution in [3.63, 3.8) is 0 Å². The van der Waals surface area contributed by atoms with Crippen LogP contribution in [0, 0.1) is 6.92 Å². The fourth-order valence-corrected chi connectivity index (χ4v) is 2.71. The third kappa shape index (κ3) is 2.67. The molecule has 1 aliphatic rings. The molecule has 1 fully saturated rings. The van der Waals surface area contributed by atoms with Crippen LogP contribution in [0.25, 0.3) is 5.82 Å². The van der Waals surface area contributed by atoms with Crippen molar-refractivity contribution < 1.29 is 4.79 Å². The maximum atomic E-state index is 12.2. The van der Waals surface area contributed by atoms with Crippen LogP contribution in [0.4, 0.5) is 5.69 Å². The van der Waals surface area contributed by atoms with Crippen LogP contribution in [0.5, 0.6) is 0 Å². The SMILES string of the molecule is Cc1nccn1-c1ccc(NC(=O)C2(N)CCCC2)cn1. The van der Waals surface area contributed by atoms with Gasteiger partial charge in [0.1, 0.15) is 11.6 Å². The van der Waals surface area contributed by atoms with Gasteiger partial charge in [-0.2, -0.15) is 0 Å². The smallest absolute Gasteiger partial charge is 0.244 e. The summed E-state index contributed by atoms with van der Waals surface area (Å²) in [6.45, 7) is 1.91. The van der Waals surface area contributed by atoms with E-state index in [-0.39, 0.29) is 5.91 Å². The highest BCUT2D eigenvalue weighted by molar-refractivity contribution is 5.98. The minimum Gasteiger partial charge on any atom is -0.323 e.